The van der Waals surface area contributed by atoms with Crippen LogP contribution in [0.5, 0.6) is 0 Å². The summed E-state index contributed by atoms with van der Waals surface area (Å²) in [5, 5.41) is 9.72. The highest BCUT2D eigenvalue weighted by Gasteiger charge is 2.16. The van der Waals surface area contributed by atoms with Gasteiger partial charge in [0.2, 0.25) is 0 Å². The van der Waals surface area contributed by atoms with Crippen molar-refractivity contribution in [2.45, 2.75) is 444 Å². The first kappa shape index (κ1) is 82.1. The molecule has 0 fully saturated rings. The Morgan fingerprint density at radius 2 is 0.476 bits per heavy atom. The lowest BCUT2D eigenvalue weighted by Gasteiger charge is -2.15. The Kier molecular flexibility index (Phi) is 73.7. The SMILES string of the molecule is CCCCCCC/C=C\C/C=C\CCCCCCCCCCCCCCCCCCCCCCCCCCCCCCCC(=O)OC(CO)COC(=O)CCCCCCCCCCCCCCCCCCC/C=C\CCCCCCCCCC. The number of carbonyl (C=O) groups excluding carboxylic acids is 2. The molecule has 0 heterocycles. The second-order valence-corrected chi connectivity index (χ2v) is 26.4. The number of carbonyl (C=O) groups is 2. The topological polar surface area (TPSA) is 72.8 Å². The molecule has 1 unspecified atom stereocenters. The lowest BCUT2D eigenvalue weighted by atomic mass is 10.0. The summed E-state index contributed by atoms with van der Waals surface area (Å²) in [5.41, 5.74) is 0. The average molecular weight is 1180 g/mol. The van der Waals surface area contributed by atoms with Gasteiger partial charge in [-0.05, 0) is 70.6 Å². The van der Waals surface area contributed by atoms with Crippen LogP contribution in [0, 0.1) is 0 Å². The van der Waals surface area contributed by atoms with E-state index in [1.165, 1.54) is 372 Å². The molecule has 0 spiro atoms. The van der Waals surface area contributed by atoms with Gasteiger partial charge in [0.1, 0.15) is 6.61 Å². The van der Waals surface area contributed by atoms with Crippen LogP contribution in [0.25, 0.3) is 0 Å². The maximum atomic E-state index is 12.4. The number of ether oxygens (including phenoxy) is 2. The Hall–Kier alpha value is -1.88. The van der Waals surface area contributed by atoms with Gasteiger partial charge in [-0.3, -0.25) is 9.59 Å². The van der Waals surface area contributed by atoms with Crippen LogP contribution in [-0.4, -0.2) is 36.4 Å². The van der Waals surface area contributed by atoms with Crippen LogP contribution in [0.4, 0.5) is 0 Å². The number of esters is 2. The molecule has 496 valence electrons. The molecule has 0 radical (unpaired) electrons. The minimum Gasteiger partial charge on any atom is -0.462 e. The van der Waals surface area contributed by atoms with Crippen molar-refractivity contribution >= 4 is 11.9 Å². The maximum Gasteiger partial charge on any atom is 0.306 e. The second kappa shape index (κ2) is 75.4. The summed E-state index contributed by atoms with van der Waals surface area (Å²) in [4.78, 5) is 24.7. The van der Waals surface area contributed by atoms with Gasteiger partial charge < -0.3 is 14.6 Å². The van der Waals surface area contributed by atoms with Crippen molar-refractivity contribution in [1.82, 2.24) is 0 Å². The second-order valence-electron chi connectivity index (χ2n) is 26.4. The van der Waals surface area contributed by atoms with Crippen molar-refractivity contribution in [3.8, 4) is 0 Å². The smallest absolute Gasteiger partial charge is 0.306 e. The molecule has 5 nitrogen and oxygen atoms in total. The number of aliphatic hydroxyl groups excluding tert-OH is 1. The summed E-state index contributed by atoms with van der Waals surface area (Å²) in [6.45, 7) is 4.20. The third-order valence-electron chi connectivity index (χ3n) is 17.9. The normalized spacial score (nSPS) is 12.3. The van der Waals surface area contributed by atoms with Crippen molar-refractivity contribution in [2.75, 3.05) is 13.2 Å². The van der Waals surface area contributed by atoms with Crippen molar-refractivity contribution in [1.29, 1.82) is 0 Å². The fraction of sp³-hybridized carbons (Fsp3) is 0.899. The lowest BCUT2D eigenvalue weighted by Crippen LogP contribution is -2.28. The van der Waals surface area contributed by atoms with Gasteiger partial charge in [-0.1, -0.05) is 391 Å². The van der Waals surface area contributed by atoms with E-state index in [4.69, 9.17) is 9.47 Å². The van der Waals surface area contributed by atoms with E-state index in [9.17, 15) is 14.7 Å². The number of aliphatic hydroxyl groups is 1. The van der Waals surface area contributed by atoms with Crippen LogP contribution in [-0.2, 0) is 19.1 Å². The Balaban J connectivity index is 3.35. The number of allylic oxidation sites excluding steroid dienone is 6. The summed E-state index contributed by atoms with van der Waals surface area (Å²) in [6, 6.07) is 0. The molecule has 0 aliphatic heterocycles. The Bertz CT molecular complexity index is 1340. The van der Waals surface area contributed by atoms with Crippen LogP contribution in [0.15, 0.2) is 36.5 Å². The number of hydrogen-bond donors (Lipinski definition) is 1. The number of rotatable bonds is 73. The Labute approximate surface area is 526 Å². The largest absolute Gasteiger partial charge is 0.462 e. The predicted octanol–water partition coefficient (Wildman–Crippen LogP) is 26.9. The zero-order chi connectivity index (χ0) is 60.5. The van der Waals surface area contributed by atoms with E-state index in [0.717, 1.165) is 38.5 Å². The number of hydrogen-bond acceptors (Lipinski definition) is 5. The lowest BCUT2D eigenvalue weighted by molar-refractivity contribution is -0.161. The average Bonchev–Trinajstić information content (AvgIpc) is 3.51. The van der Waals surface area contributed by atoms with Crippen LogP contribution in [0.1, 0.15) is 438 Å². The van der Waals surface area contributed by atoms with E-state index in [-0.39, 0.29) is 25.2 Å². The molecule has 0 amide bonds. The predicted molar refractivity (Wildman–Crippen MR) is 371 cm³/mol. The van der Waals surface area contributed by atoms with E-state index in [0.29, 0.717) is 12.8 Å². The first-order valence-corrected chi connectivity index (χ1v) is 38.5. The summed E-state index contributed by atoms with van der Waals surface area (Å²) in [7, 11) is 0. The fourth-order valence-electron chi connectivity index (χ4n) is 12.1. The van der Waals surface area contributed by atoms with Crippen LogP contribution in [0.2, 0.25) is 0 Å². The van der Waals surface area contributed by atoms with Gasteiger partial charge in [0.15, 0.2) is 6.10 Å². The zero-order valence-electron chi connectivity index (χ0n) is 57.2. The Morgan fingerprint density at radius 3 is 0.714 bits per heavy atom. The van der Waals surface area contributed by atoms with E-state index >= 15 is 0 Å². The first-order valence-electron chi connectivity index (χ1n) is 38.5. The van der Waals surface area contributed by atoms with E-state index in [1.807, 2.05) is 0 Å². The molecule has 0 bridgehead atoms. The molecule has 0 aromatic rings. The Morgan fingerprint density at radius 1 is 0.274 bits per heavy atom. The quantitative estimate of drug-likeness (QED) is 0.0373. The highest BCUT2D eigenvalue weighted by atomic mass is 16.6. The molecular weight excluding hydrogens is 1030 g/mol. The van der Waals surface area contributed by atoms with E-state index in [1.54, 1.807) is 0 Å². The highest BCUT2D eigenvalue weighted by Crippen LogP contribution is 2.20. The molecule has 0 aliphatic rings. The van der Waals surface area contributed by atoms with Gasteiger partial charge in [0.05, 0.1) is 6.61 Å². The minimum absolute atomic E-state index is 0.0584. The molecule has 0 aromatic carbocycles. The summed E-state index contributed by atoms with van der Waals surface area (Å²) >= 11 is 0. The highest BCUT2D eigenvalue weighted by molar-refractivity contribution is 5.70. The first-order chi connectivity index (χ1) is 41.6. The molecule has 1 N–H and O–H groups in total. The number of unbranched alkanes of at least 4 members (excludes halogenated alkanes) is 59. The van der Waals surface area contributed by atoms with Crippen LogP contribution >= 0.6 is 0 Å². The monoisotopic (exact) mass is 1180 g/mol. The molecule has 0 aromatic heterocycles. The van der Waals surface area contributed by atoms with Crippen molar-refractivity contribution in [3.63, 3.8) is 0 Å². The van der Waals surface area contributed by atoms with Gasteiger partial charge >= 0.3 is 11.9 Å². The molecule has 0 aliphatic carbocycles. The van der Waals surface area contributed by atoms with Gasteiger partial charge in [0, 0.05) is 12.8 Å². The molecule has 1 atom stereocenters. The molecular formula is C79H150O5. The summed E-state index contributed by atoms with van der Waals surface area (Å²) in [5.74, 6) is -0.563. The molecule has 0 saturated heterocycles. The third kappa shape index (κ3) is 72.6. The van der Waals surface area contributed by atoms with Gasteiger partial charge in [-0.15, -0.1) is 0 Å². The molecule has 84 heavy (non-hydrogen) atoms. The van der Waals surface area contributed by atoms with Crippen molar-refractivity contribution in [3.05, 3.63) is 36.5 Å². The summed E-state index contributed by atoms with van der Waals surface area (Å²) < 4.78 is 10.8. The zero-order valence-corrected chi connectivity index (χ0v) is 57.2. The van der Waals surface area contributed by atoms with Gasteiger partial charge in [-0.25, -0.2) is 0 Å². The van der Waals surface area contributed by atoms with Gasteiger partial charge in [0.25, 0.3) is 0 Å². The minimum atomic E-state index is -0.769. The third-order valence-corrected chi connectivity index (χ3v) is 17.9. The maximum absolute atomic E-state index is 12.4. The van der Waals surface area contributed by atoms with Crippen molar-refractivity contribution < 1.29 is 24.2 Å². The fourth-order valence-corrected chi connectivity index (χ4v) is 12.1. The van der Waals surface area contributed by atoms with Crippen LogP contribution < -0.4 is 0 Å². The summed E-state index contributed by atoms with van der Waals surface area (Å²) in [6.07, 6.45) is 101. The van der Waals surface area contributed by atoms with Crippen molar-refractivity contribution in [2.24, 2.45) is 0 Å². The van der Waals surface area contributed by atoms with E-state index < -0.39 is 6.10 Å². The standard InChI is InChI=1S/C79H150O5/c1-3-5-7-9-11-13-15-17-19-21-23-25-27-29-31-33-34-35-36-37-38-39-40-41-42-43-44-46-48-50-52-54-56-58-60-62-64-66-68-70-72-74-79(82)84-77(75-80)76-83-78(81)73-71-69-67-65-63-61-59-57-55-53-51-49-47-45-32-30-28-26-24-22-20-18-16-14-12-10-8-6-4-2/h15,17,21-24,77,80H,3-14,16,18-20,25-76H2,1-2H3/b17-15-,23-21-,24-22-. The molecule has 5 heteroatoms. The van der Waals surface area contributed by atoms with E-state index in [2.05, 4.69) is 50.3 Å². The van der Waals surface area contributed by atoms with Crippen LogP contribution in [0.3, 0.4) is 0 Å². The molecule has 0 saturated carbocycles. The molecule has 0 rings (SSSR count). The van der Waals surface area contributed by atoms with Gasteiger partial charge in [-0.2, -0.15) is 0 Å².